The van der Waals surface area contributed by atoms with Crippen LogP contribution in [0, 0.1) is 56.2 Å². The monoisotopic (exact) mass is 703 g/mol. The number of aromatic nitrogens is 2. The first kappa shape index (κ1) is 38.1. The summed E-state index contributed by atoms with van der Waals surface area (Å²) in [4.78, 5) is 47.3. The van der Waals surface area contributed by atoms with E-state index in [1.54, 1.807) is 20.2 Å². The van der Waals surface area contributed by atoms with E-state index in [1.807, 2.05) is 12.4 Å². The third kappa shape index (κ3) is 6.02. The molecule has 0 spiro atoms. The van der Waals surface area contributed by atoms with Gasteiger partial charge in [-0.1, -0.05) is 54.0 Å². The smallest absolute Gasteiger partial charge is 0.309 e. The number of nitrogens with one attached hydrogen (secondary N) is 1. The molecule has 0 bridgehead atoms. The summed E-state index contributed by atoms with van der Waals surface area (Å²) in [7, 11) is 0. The van der Waals surface area contributed by atoms with Crippen LogP contribution in [0.15, 0.2) is 29.9 Å². The molecule has 6 rings (SSSR count). The largest absolute Gasteiger partial charge is 0.481 e. The number of rotatable bonds is 10. The number of carbonyl (C=O) groups is 3. The second-order valence-corrected chi connectivity index (χ2v) is 19.8. The number of fused-ring (bicyclic) bond motifs is 7. The van der Waals surface area contributed by atoms with Gasteiger partial charge in [0.15, 0.2) is 5.78 Å². The lowest BCUT2D eigenvalue weighted by atomic mass is 9.33. The van der Waals surface area contributed by atoms with Gasteiger partial charge < -0.3 is 15.2 Å². The average Bonchev–Trinajstić information content (AvgIpc) is 3.35. The number of ether oxygens (including phenoxy) is 1. The third-order valence-corrected chi connectivity index (χ3v) is 16.1. The highest BCUT2D eigenvalue weighted by Crippen LogP contribution is 2.77. The second kappa shape index (κ2) is 13.1. The number of Topliss-reactive ketones (excluding diaryl/α,β-unsaturated/α-hetero) is 1. The number of allylic oxidation sites excluding steroid dienone is 2. The van der Waals surface area contributed by atoms with Crippen LogP contribution >= 0.6 is 0 Å². The Labute approximate surface area is 306 Å². The van der Waals surface area contributed by atoms with Gasteiger partial charge in [-0.2, -0.15) is 0 Å². The van der Waals surface area contributed by atoms with E-state index < -0.39 is 17.4 Å². The van der Waals surface area contributed by atoms with E-state index in [0.717, 1.165) is 69.0 Å². The molecule has 2 unspecified atom stereocenters. The highest BCUT2D eigenvalue weighted by atomic mass is 16.5. The Morgan fingerprint density at radius 3 is 2.27 bits per heavy atom. The standard InChI is InChI=1S/C43H65N3O5/c1-26(2)35-30(47)21-43(19-20-46-27(3)28-23-44-25-45-24-28)18-17-41(9)29(36(35)43)11-12-32-40(8)15-14-33(51-34(48)22-38(4,5)37(49)50)39(6,7)31(40)13-16-42(32,41)10/h23-27,29,31-33,46H,11-22H2,1-10H3,(H,49,50)/t27-,29-,31?,32?,33+,40+,41-,42-,43-/m1/s1. The second-order valence-electron chi connectivity index (χ2n) is 19.8. The fourth-order valence-corrected chi connectivity index (χ4v) is 13.1. The highest BCUT2D eigenvalue weighted by molar-refractivity contribution is 6.00. The van der Waals surface area contributed by atoms with Crippen LogP contribution in [0.1, 0.15) is 151 Å². The predicted molar refractivity (Wildman–Crippen MR) is 198 cm³/mol. The van der Waals surface area contributed by atoms with E-state index in [4.69, 9.17) is 4.74 Å². The summed E-state index contributed by atoms with van der Waals surface area (Å²) in [6.07, 6.45) is 15.2. The lowest BCUT2D eigenvalue weighted by Crippen LogP contribution is -2.65. The molecule has 8 nitrogen and oxygen atoms in total. The molecule has 1 aromatic heterocycles. The first-order valence-electron chi connectivity index (χ1n) is 19.9. The van der Waals surface area contributed by atoms with Crippen LogP contribution in [0.25, 0.3) is 0 Å². The Balaban J connectivity index is 1.25. The van der Waals surface area contributed by atoms with E-state index in [0.29, 0.717) is 30.0 Å². The van der Waals surface area contributed by atoms with Crippen LogP contribution in [0.4, 0.5) is 0 Å². The van der Waals surface area contributed by atoms with Gasteiger partial charge in [0.05, 0.1) is 11.8 Å². The zero-order valence-electron chi connectivity index (χ0n) is 33.2. The topological polar surface area (TPSA) is 118 Å². The van der Waals surface area contributed by atoms with Crippen molar-refractivity contribution in [1.82, 2.24) is 15.3 Å². The normalized spacial score (nSPS) is 38.0. The van der Waals surface area contributed by atoms with E-state index in [1.165, 1.54) is 12.0 Å². The average molecular weight is 704 g/mol. The zero-order valence-corrected chi connectivity index (χ0v) is 33.2. The molecule has 5 aliphatic carbocycles. The molecule has 1 heterocycles. The van der Waals surface area contributed by atoms with Crippen LogP contribution < -0.4 is 5.32 Å². The minimum absolute atomic E-state index is 0.0653. The van der Waals surface area contributed by atoms with Crippen molar-refractivity contribution in [2.24, 2.45) is 56.2 Å². The molecule has 51 heavy (non-hydrogen) atoms. The maximum Gasteiger partial charge on any atom is 0.309 e. The number of hydrogen-bond acceptors (Lipinski definition) is 7. The summed E-state index contributed by atoms with van der Waals surface area (Å²) in [5, 5.41) is 13.4. The number of hydrogen-bond donors (Lipinski definition) is 2. The fraction of sp³-hybridized carbons (Fsp3) is 0.791. The summed E-state index contributed by atoms with van der Waals surface area (Å²) in [5.74, 6) is 0.610. The summed E-state index contributed by atoms with van der Waals surface area (Å²) >= 11 is 0. The first-order chi connectivity index (χ1) is 23.7. The van der Waals surface area contributed by atoms with Crippen molar-refractivity contribution in [3.63, 3.8) is 0 Å². The number of nitrogens with zero attached hydrogens (tertiary/aromatic N) is 2. The Kier molecular flexibility index (Phi) is 9.76. The Bertz CT molecular complexity index is 1570. The summed E-state index contributed by atoms with van der Waals surface area (Å²) in [6.45, 7) is 23.0. The zero-order chi connectivity index (χ0) is 37.4. The van der Waals surface area contributed by atoms with Crippen molar-refractivity contribution in [2.75, 3.05) is 6.54 Å². The highest BCUT2D eigenvalue weighted by Gasteiger charge is 2.70. The Morgan fingerprint density at radius 2 is 1.63 bits per heavy atom. The van der Waals surface area contributed by atoms with E-state index in [2.05, 4.69) is 70.7 Å². The molecule has 8 heteroatoms. The van der Waals surface area contributed by atoms with Gasteiger partial charge in [0, 0.05) is 41.2 Å². The molecule has 1 aromatic rings. The van der Waals surface area contributed by atoms with Gasteiger partial charge in [0.1, 0.15) is 12.4 Å². The van der Waals surface area contributed by atoms with Gasteiger partial charge in [0.25, 0.3) is 0 Å². The molecule has 0 amide bonds. The van der Waals surface area contributed by atoms with Crippen molar-refractivity contribution in [1.29, 1.82) is 0 Å². The van der Waals surface area contributed by atoms with Crippen LogP contribution in [-0.2, 0) is 19.1 Å². The molecular weight excluding hydrogens is 638 g/mol. The number of carboxylic acids is 1. The van der Waals surface area contributed by atoms with Crippen LogP contribution in [0.5, 0.6) is 0 Å². The Hall–Kier alpha value is -2.61. The number of ketones is 1. The van der Waals surface area contributed by atoms with Crippen molar-refractivity contribution in [2.45, 2.75) is 152 Å². The van der Waals surface area contributed by atoms with E-state index in [9.17, 15) is 19.5 Å². The van der Waals surface area contributed by atoms with Gasteiger partial charge in [-0.05, 0) is 131 Å². The van der Waals surface area contributed by atoms with Crippen molar-refractivity contribution in [3.8, 4) is 0 Å². The number of carboxylic acid groups (broad SMARTS) is 1. The molecule has 282 valence electrons. The maximum absolute atomic E-state index is 14.0. The molecule has 5 aliphatic rings. The van der Waals surface area contributed by atoms with Crippen LogP contribution in [0.3, 0.4) is 0 Å². The van der Waals surface area contributed by atoms with Gasteiger partial charge in [-0.3, -0.25) is 14.4 Å². The minimum Gasteiger partial charge on any atom is -0.481 e. The quantitative estimate of drug-likeness (QED) is 0.232. The van der Waals surface area contributed by atoms with E-state index >= 15 is 0 Å². The summed E-state index contributed by atoms with van der Waals surface area (Å²) < 4.78 is 6.18. The number of esters is 1. The van der Waals surface area contributed by atoms with Crippen LogP contribution in [0.2, 0.25) is 0 Å². The van der Waals surface area contributed by atoms with Crippen molar-refractivity contribution < 1.29 is 24.2 Å². The predicted octanol–water partition coefficient (Wildman–Crippen LogP) is 8.91. The molecule has 2 N–H and O–H groups in total. The molecule has 0 aliphatic heterocycles. The molecule has 4 fully saturated rings. The van der Waals surface area contributed by atoms with E-state index in [-0.39, 0.29) is 51.6 Å². The van der Waals surface area contributed by atoms with Gasteiger partial charge in [-0.15, -0.1) is 0 Å². The Morgan fingerprint density at radius 1 is 0.941 bits per heavy atom. The molecule has 4 saturated carbocycles. The third-order valence-electron chi connectivity index (χ3n) is 16.1. The lowest BCUT2D eigenvalue weighted by molar-refractivity contribution is -0.233. The maximum atomic E-state index is 14.0. The summed E-state index contributed by atoms with van der Waals surface area (Å²) in [5.41, 5.74) is 2.69. The van der Waals surface area contributed by atoms with Crippen molar-refractivity contribution in [3.05, 3.63) is 35.4 Å². The van der Waals surface area contributed by atoms with Gasteiger partial charge >= 0.3 is 11.9 Å². The number of aliphatic carboxylic acids is 1. The first-order valence-corrected chi connectivity index (χ1v) is 19.9. The minimum atomic E-state index is -1.15. The number of carbonyl (C=O) groups excluding carboxylic acids is 2. The molecule has 0 radical (unpaired) electrons. The van der Waals surface area contributed by atoms with Crippen LogP contribution in [-0.4, -0.2) is 45.4 Å². The molecular formula is C43H65N3O5. The lowest BCUT2D eigenvalue weighted by Gasteiger charge is -2.72. The summed E-state index contributed by atoms with van der Waals surface area (Å²) in [6, 6.07) is 0.148. The molecule has 9 atom stereocenters. The fourth-order valence-electron chi connectivity index (χ4n) is 13.1. The SMILES string of the molecule is CC(C)C1=C2[C@H]3CCC4[C@@]5(C)CC[C@H](OC(=O)CC(C)(C)C(=O)O)C(C)(C)C5CC[C@@]4(C)[C@]3(C)CC[C@@]2(CCN[C@H](C)c2cncnc2)CC1=O. The molecule has 0 aromatic carbocycles. The van der Waals surface area contributed by atoms with Crippen molar-refractivity contribution >= 4 is 17.7 Å². The molecule has 0 saturated heterocycles. The van der Waals surface area contributed by atoms with Gasteiger partial charge in [0.2, 0.25) is 0 Å². The van der Waals surface area contributed by atoms with Gasteiger partial charge in [-0.25, -0.2) is 9.97 Å².